The molecule has 1 fully saturated rings. The number of hydrogen-bond acceptors (Lipinski definition) is 4. The van der Waals surface area contributed by atoms with E-state index in [1.165, 1.54) is 0 Å². The molecule has 2 rings (SSSR count). The predicted molar refractivity (Wildman–Crippen MR) is 70.8 cm³/mol. The van der Waals surface area contributed by atoms with Crippen LogP contribution in [0, 0.1) is 0 Å². The Hall–Kier alpha value is -0.210. The molecular formula is C12H15IO4. The van der Waals surface area contributed by atoms with Gasteiger partial charge in [-0.2, -0.15) is 0 Å². The highest BCUT2D eigenvalue weighted by Gasteiger charge is 2.43. The van der Waals surface area contributed by atoms with Crippen molar-refractivity contribution in [2.24, 2.45) is 0 Å². The number of aliphatic hydroxyl groups excluding tert-OH is 2. The van der Waals surface area contributed by atoms with Crippen LogP contribution in [0.1, 0.15) is 5.56 Å². The molecule has 1 aromatic carbocycles. The molecule has 4 nitrogen and oxygen atoms in total. The van der Waals surface area contributed by atoms with Crippen molar-refractivity contribution in [2.45, 2.75) is 31.2 Å². The molecule has 1 aliphatic rings. The van der Waals surface area contributed by atoms with E-state index in [-0.39, 0.29) is 6.10 Å². The first-order chi connectivity index (χ1) is 8.22. The van der Waals surface area contributed by atoms with E-state index in [1.807, 2.05) is 30.3 Å². The van der Waals surface area contributed by atoms with Gasteiger partial charge in [0, 0.05) is 4.43 Å². The molecule has 0 aromatic heterocycles. The zero-order valence-corrected chi connectivity index (χ0v) is 11.4. The average Bonchev–Trinajstić information content (AvgIpc) is 2.63. The lowest BCUT2D eigenvalue weighted by molar-refractivity contribution is -0.144. The Morgan fingerprint density at radius 3 is 2.53 bits per heavy atom. The van der Waals surface area contributed by atoms with E-state index in [1.54, 1.807) is 0 Å². The van der Waals surface area contributed by atoms with Crippen molar-refractivity contribution in [1.29, 1.82) is 0 Å². The van der Waals surface area contributed by atoms with E-state index in [9.17, 15) is 10.2 Å². The molecule has 1 aliphatic heterocycles. The van der Waals surface area contributed by atoms with E-state index < -0.39 is 18.5 Å². The summed E-state index contributed by atoms with van der Waals surface area (Å²) in [5, 5.41) is 19.5. The molecule has 0 bridgehead atoms. The highest BCUT2D eigenvalue weighted by molar-refractivity contribution is 14.1. The number of aliphatic hydroxyl groups is 2. The molecule has 17 heavy (non-hydrogen) atoms. The third kappa shape index (κ3) is 3.17. The van der Waals surface area contributed by atoms with Gasteiger partial charge in [0.1, 0.15) is 12.2 Å². The molecule has 0 aliphatic carbocycles. The number of rotatable bonds is 4. The van der Waals surface area contributed by atoms with Crippen LogP contribution in [0.3, 0.4) is 0 Å². The second-order valence-electron chi connectivity index (χ2n) is 3.97. The minimum Gasteiger partial charge on any atom is -0.387 e. The summed E-state index contributed by atoms with van der Waals surface area (Å²) in [4.78, 5) is 0. The Morgan fingerprint density at radius 1 is 1.24 bits per heavy atom. The van der Waals surface area contributed by atoms with Gasteiger partial charge < -0.3 is 19.7 Å². The van der Waals surface area contributed by atoms with E-state index in [4.69, 9.17) is 9.47 Å². The quantitative estimate of drug-likeness (QED) is 0.631. The summed E-state index contributed by atoms with van der Waals surface area (Å²) >= 11 is 2.11. The lowest BCUT2D eigenvalue weighted by atomic mass is 10.1. The second-order valence-corrected chi connectivity index (χ2v) is 4.85. The lowest BCUT2D eigenvalue weighted by Crippen LogP contribution is -2.35. The van der Waals surface area contributed by atoms with Crippen LogP contribution in [-0.2, 0) is 16.1 Å². The van der Waals surface area contributed by atoms with Crippen LogP contribution < -0.4 is 0 Å². The van der Waals surface area contributed by atoms with Crippen LogP contribution in [0.25, 0.3) is 0 Å². The van der Waals surface area contributed by atoms with Crippen LogP contribution in [0.2, 0.25) is 0 Å². The SMILES string of the molecule is OC1O[C@H](CI)[C@H](O)[C@H]1OCc1ccccc1. The van der Waals surface area contributed by atoms with Crippen molar-refractivity contribution >= 4 is 22.6 Å². The van der Waals surface area contributed by atoms with Gasteiger partial charge in [-0.15, -0.1) is 0 Å². The van der Waals surface area contributed by atoms with Crippen molar-refractivity contribution < 1.29 is 19.7 Å². The van der Waals surface area contributed by atoms with Gasteiger partial charge in [-0.3, -0.25) is 0 Å². The van der Waals surface area contributed by atoms with Crippen LogP contribution in [0.4, 0.5) is 0 Å². The fraction of sp³-hybridized carbons (Fsp3) is 0.500. The summed E-state index contributed by atoms with van der Waals surface area (Å²) in [5.41, 5.74) is 1.00. The van der Waals surface area contributed by atoms with Crippen molar-refractivity contribution in [1.82, 2.24) is 0 Å². The van der Waals surface area contributed by atoms with Gasteiger partial charge >= 0.3 is 0 Å². The maximum absolute atomic E-state index is 9.88. The topological polar surface area (TPSA) is 58.9 Å². The van der Waals surface area contributed by atoms with E-state index >= 15 is 0 Å². The average molecular weight is 350 g/mol. The molecule has 0 spiro atoms. The summed E-state index contributed by atoms with van der Waals surface area (Å²) in [6, 6.07) is 9.64. The highest BCUT2D eigenvalue weighted by atomic mass is 127. The zero-order valence-electron chi connectivity index (χ0n) is 9.20. The molecular weight excluding hydrogens is 335 g/mol. The standard InChI is InChI=1S/C12H15IO4/c13-6-9-10(14)11(12(15)17-9)16-7-8-4-2-1-3-5-8/h1-5,9-12,14-15H,6-7H2/t9-,10+,11-,12?/m1/s1. The van der Waals surface area contributed by atoms with Crippen LogP contribution in [-0.4, -0.2) is 39.2 Å². The van der Waals surface area contributed by atoms with Crippen LogP contribution >= 0.6 is 22.6 Å². The Balaban J connectivity index is 1.91. The smallest absolute Gasteiger partial charge is 0.184 e. The first-order valence-corrected chi connectivity index (χ1v) is 6.98. The summed E-state index contributed by atoms with van der Waals surface area (Å²) in [5.74, 6) is 0. The number of ether oxygens (including phenoxy) is 2. The van der Waals surface area contributed by atoms with Crippen LogP contribution in [0.15, 0.2) is 30.3 Å². The molecule has 5 heteroatoms. The molecule has 1 unspecified atom stereocenters. The van der Waals surface area contributed by atoms with E-state index in [2.05, 4.69) is 22.6 Å². The maximum Gasteiger partial charge on any atom is 0.184 e. The Kier molecular flexibility index (Phi) is 4.75. The molecule has 1 saturated heterocycles. The van der Waals surface area contributed by atoms with E-state index in [0.29, 0.717) is 11.0 Å². The summed E-state index contributed by atoms with van der Waals surface area (Å²) in [6.07, 6.45) is -2.85. The van der Waals surface area contributed by atoms with Gasteiger partial charge in [-0.25, -0.2) is 0 Å². The molecule has 1 heterocycles. The van der Waals surface area contributed by atoms with Crippen molar-refractivity contribution in [3.05, 3.63) is 35.9 Å². The molecule has 0 radical (unpaired) electrons. The number of benzene rings is 1. The van der Waals surface area contributed by atoms with Gasteiger partial charge in [0.2, 0.25) is 0 Å². The molecule has 94 valence electrons. The fourth-order valence-corrected chi connectivity index (χ4v) is 2.52. The van der Waals surface area contributed by atoms with Gasteiger partial charge in [0.15, 0.2) is 6.29 Å². The van der Waals surface area contributed by atoms with Crippen molar-refractivity contribution in [3.63, 3.8) is 0 Å². The second kappa shape index (κ2) is 6.10. The maximum atomic E-state index is 9.88. The minimum atomic E-state index is -1.05. The molecule has 0 saturated carbocycles. The predicted octanol–water partition coefficient (Wildman–Crippen LogP) is 1.08. The van der Waals surface area contributed by atoms with Gasteiger partial charge in [0.05, 0.1) is 12.7 Å². The lowest BCUT2D eigenvalue weighted by Gasteiger charge is -2.17. The number of alkyl halides is 1. The highest BCUT2D eigenvalue weighted by Crippen LogP contribution is 2.24. The first-order valence-electron chi connectivity index (χ1n) is 5.45. The molecule has 0 amide bonds. The first kappa shape index (κ1) is 13.2. The van der Waals surface area contributed by atoms with Gasteiger partial charge in [-0.05, 0) is 5.56 Å². The molecule has 2 N–H and O–H groups in total. The largest absolute Gasteiger partial charge is 0.387 e. The van der Waals surface area contributed by atoms with E-state index in [0.717, 1.165) is 5.56 Å². The Bertz CT molecular complexity index is 346. The fourth-order valence-electron chi connectivity index (χ4n) is 1.79. The zero-order chi connectivity index (χ0) is 12.3. The third-order valence-electron chi connectivity index (χ3n) is 2.75. The van der Waals surface area contributed by atoms with Crippen molar-refractivity contribution in [3.8, 4) is 0 Å². The Morgan fingerprint density at radius 2 is 1.94 bits per heavy atom. The summed E-state index contributed by atoms with van der Waals surface area (Å²) < 4.78 is 11.3. The normalized spacial score (nSPS) is 32.9. The molecule has 4 atom stereocenters. The number of hydrogen-bond donors (Lipinski definition) is 2. The van der Waals surface area contributed by atoms with Gasteiger partial charge in [0.25, 0.3) is 0 Å². The third-order valence-corrected chi connectivity index (χ3v) is 3.62. The monoisotopic (exact) mass is 350 g/mol. The van der Waals surface area contributed by atoms with Crippen LogP contribution in [0.5, 0.6) is 0 Å². The van der Waals surface area contributed by atoms with Gasteiger partial charge in [-0.1, -0.05) is 52.9 Å². The molecule has 1 aromatic rings. The summed E-state index contributed by atoms with van der Waals surface area (Å²) in [7, 11) is 0. The minimum absolute atomic E-state index is 0.355. The Labute approximate surface area is 114 Å². The summed E-state index contributed by atoms with van der Waals surface area (Å²) in [6.45, 7) is 0.358. The number of halogens is 1. The van der Waals surface area contributed by atoms with Crippen molar-refractivity contribution in [2.75, 3.05) is 4.43 Å².